The number of fused-ring (bicyclic) bond motifs is 1. The lowest BCUT2D eigenvalue weighted by Crippen LogP contribution is -2.34. The lowest BCUT2D eigenvalue weighted by Gasteiger charge is -2.23. The van der Waals surface area contributed by atoms with Crippen molar-refractivity contribution in [1.29, 1.82) is 0 Å². The van der Waals surface area contributed by atoms with Gasteiger partial charge < -0.3 is 19.2 Å². The first kappa shape index (κ1) is 14.2. The van der Waals surface area contributed by atoms with E-state index in [0.717, 1.165) is 0 Å². The van der Waals surface area contributed by atoms with E-state index in [2.05, 4.69) is 5.18 Å². The van der Waals surface area contributed by atoms with Gasteiger partial charge in [0.25, 0.3) is 6.43 Å². The van der Waals surface area contributed by atoms with E-state index in [0.29, 0.717) is 0 Å². The van der Waals surface area contributed by atoms with Crippen LogP contribution in [0.2, 0.25) is 0 Å². The van der Waals surface area contributed by atoms with Gasteiger partial charge in [0.1, 0.15) is 24.4 Å². The molecule has 1 amide bonds. The Morgan fingerprint density at radius 2 is 2.30 bits per heavy atom. The van der Waals surface area contributed by atoms with Crippen LogP contribution >= 0.6 is 0 Å². The summed E-state index contributed by atoms with van der Waals surface area (Å²) in [4.78, 5) is 21.9. The van der Waals surface area contributed by atoms with Crippen LogP contribution in [0.15, 0.2) is 17.3 Å². The summed E-state index contributed by atoms with van der Waals surface area (Å²) in [6.45, 7) is -1.15. The third kappa shape index (κ3) is 2.85. The molecule has 0 unspecified atom stereocenters. The van der Waals surface area contributed by atoms with E-state index < -0.39 is 31.6 Å². The number of nitrogens with zero attached hydrogens (tertiary/aromatic N) is 1. The zero-order valence-corrected chi connectivity index (χ0v) is 9.92. The van der Waals surface area contributed by atoms with Crippen LogP contribution in [0.5, 0.6) is 17.2 Å². The zero-order chi connectivity index (χ0) is 14.7. The summed E-state index contributed by atoms with van der Waals surface area (Å²) in [6.07, 6.45) is -2.76. The second-order valence-electron chi connectivity index (χ2n) is 3.75. The number of carbonyl (C=O) groups excluding carboxylic acids is 1. The lowest BCUT2D eigenvalue weighted by molar-refractivity contribution is 0.0798. The Balaban J connectivity index is 2.44. The fraction of sp³-hybridized carbons (Fsp3) is 0.300. The summed E-state index contributed by atoms with van der Waals surface area (Å²) in [5.41, 5.74) is -0.461. The molecule has 1 aliphatic heterocycles. The Bertz CT molecular complexity index is 541. The molecule has 0 atom stereocenters. The molecule has 10 heteroatoms. The van der Waals surface area contributed by atoms with Gasteiger partial charge in [0.05, 0.1) is 0 Å². The van der Waals surface area contributed by atoms with Crippen molar-refractivity contribution in [1.82, 2.24) is 0 Å². The van der Waals surface area contributed by atoms with Gasteiger partial charge in [-0.2, -0.15) is 0 Å². The number of hydrogen-bond acceptors (Lipinski definition) is 6. The molecule has 0 radical (unpaired) electrons. The minimum absolute atomic E-state index is 0.0756. The van der Waals surface area contributed by atoms with Crippen molar-refractivity contribution in [3.8, 4) is 17.2 Å². The van der Waals surface area contributed by atoms with E-state index >= 15 is 0 Å². The first-order valence-electron chi connectivity index (χ1n) is 5.46. The van der Waals surface area contributed by atoms with Gasteiger partial charge in [0.15, 0.2) is 11.5 Å². The number of alkyl halides is 2. The average molecular weight is 287 g/mol. The number of halogens is 2. The van der Waals surface area contributed by atoms with Gasteiger partial charge in [-0.3, -0.25) is 4.79 Å². The Kier molecular flexibility index (Phi) is 4.13. The van der Waals surface area contributed by atoms with Gasteiger partial charge in [0.2, 0.25) is 0 Å². The molecular formula is C10H8BF2NO6. The third-order valence-electron chi connectivity index (χ3n) is 2.38. The SMILES string of the molecule is O=NC(=O)c1c(OCC(F)F)ccc2c1OB(O)CO2. The van der Waals surface area contributed by atoms with Crippen molar-refractivity contribution >= 4 is 13.0 Å². The van der Waals surface area contributed by atoms with Gasteiger partial charge in [-0.15, -0.1) is 4.91 Å². The van der Waals surface area contributed by atoms with Gasteiger partial charge in [-0.25, -0.2) is 8.78 Å². The Morgan fingerprint density at radius 3 is 2.95 bits per heavy atom. The summed E-state index contributed by atoms with van der Waals surface area (Å²) in [5.74, 6) is -1.76. The summed E-state index contributed by atoms with van der Waals surface area (Å²) in [5, 5.41) is 11.5. The smallest absolute Gasteiger partial charge is 0.531 e. The molecule has 1 aromatic rings. The van der Waals surface area contributed by atoms with Crippen molar-refractivity contribution < 1.29 is 32.7 Å². The molecule has 0 spiro atoms. The Morgan fingerprint density at radius 1 is 1.55 bits per heavy atom. The largest absolute Gasteiger partial charge is 0.563 e. The molecule has 0 bridgehead atoms. The van der Waals surface area contributed by atoms with Crippen LogP contribution in [-0.2, 0) is 0 Å². The van der Waals surface area contributed by atoms with E-state index in [-0.39, 0.29) is 23.8 Å². The van der Waals surface area contributed by atoms with Crippen molar-refractivity contribution in [3.05, 3.63) is 22.6 Å². The minimum atomic E-state index is -2.76. The molecular weight excluding hydrogens is 279 g/mol. The average Bonchev–Trinajstić information content (AvgIpc) is 2.43. The fourth-order valence-electron chi connectivity index (χ4n) is 1.63. The summed E-state index contributed by atoms with van der Waals surface area (Å²) in [6, 6.07) is 2.49. The molecule has 7 nitrogen and oxygen atoms in total. The topological polar surface area (TPSA) is 94.4 Å². The number of benzene rings is 1. The molecule has 0 saturated carbocycles. The maximum Gasteiger partial charge on any atom is 0.563 e. The maximum atomic E-state index is 12.1. The second kappa shape index (κ2) is 5.82. The molecule has 106 valence electrons. The number of carbonyl (C=O) groups is 1. The number of ether oxygens (including phenoxy) is 2. The highest BCUT2D eigenvalue weighted by Gasteiger charge is 2.32. The summed E-state index contributed by atoms with van der Waals surface area (Å²) in [7, 11) is -1.36. The number of nitroso groups, excluding NO2 is 1. The van der Waals surface area contributed by atoms with Gasteiger partial charge in [0, 0.05) is 5.18 Å². The molecule has 1 aromatic carbocycles. The molecule has 0 saturated heterocycles. The molecule has 1 aliphatic rings. The molecule has 0 aliphatic carbocycles. The highest BCUT2D eigenvalue weighted by Crippen LogP contribution is 2.40. The van der Waals surface area contributed by atoms with Crippen LogP contribution in [0.3, 0.4) is 0 Å². The van der Waals surface area contributed by atoms with Crippen molar-refractivity contribution in [2.45, 2.75) is 6.43 Å². The quantitative estimate of drug-likeness (QED) is 0.656. The molecule has 2 rings (SSSR count). The normalized spacial score (nSPS) is 13.3. The summed E-state index contributed by atoms with van der Waals surface area (Å²) < 4.78 is 39.1. The van der Waals surface area contributed by atoms with E-state index in [9.17, 15) is 23.5 Å². The van der Waals surface area contributed by atoms with E-state index in [1.807, 2.05) is 0 Å². The van der Waals surface area contributed by atoms with Crippen LogP contribution < -0.4 is 14.1 Å². The van der Waals surface area contributed by atoms with Crippen LogP contribution in [-0.4, -0.2) is 37.6 Å². The van der Waals surface area contributed by atoms with Gasteiger partial charge in [-0.1, -0.05) is 0 Å². The number of rotatable bonds is 4. The predicted octanol–water partition coefficient (Wildman–Crippen LogP) is 1.03. The number of hydrogen-bond donors (Lipinski definition) is 1. The van der Waals surface area contributed by atoms with Crippen molar-refractivity contribution in [2.75, 3.05) is 13.1 Å². The molecule has 0 aromatic heterocycles. The lowest BCUT2D eigenvalue weighted by atomic mass is 9.91. The van der Waals surface area contributed by atoms with Gasteiger partial charge in [-0.05, 0) is 12.1 Å². The highest BCUT2D eigenvalue weighted by molar-refractivity contribution is 6.44. The summed E-state index contributed by atoms with van der Waals surface area (Å²) >= 11 is 0. The van der Waals surface area contributed by atoms with Crippen LogP contribution in [0.1, 0.15) is 10.4 Å². The minimum Gasteiger partial charge on any atom is -0.531 e. The highest BCUT2D eigenvalue weighted by atomic mass is 19.3. The van der Waals surface area contributed by atoms with Crippen molar-refractivity contribution in [3.63, 3.8) is 0 Å². The van der Waals surface area contributed by atoms with Crippen molar-refractivity contribution in [2.24, 2.45) is 5.18 Å². The number of amides is 1. The van der Waals surface area contributed by atoms with E-state index in [1.54, 1.807) is 0 Å². The van der Waals surface area contributed by atoms with Crippen LogP contribution in [0, 0.1) is 4.91 Å². The van der Waals surface area contributed by atoms with Crippen LogP contribution in [0.4, 0.5) is 8.78 Å². The fourth-order valence-corrected chi connectivity index (χ4v) is 1.63. The maximum absolute atomic E-state index is 12.1. The molecule has 1 heterocycles. The second-order valence-corrected chi connectivity index (χ2v) is 3.75. The van der Waals surface area contributed by atoms with E-state index in [1.165, 1.54) is 12.1 Å². The Hall–Kier alpha value is -2.23. The Labute approximate surface area is 111 Å². The first-order valence-corrected chi connectivity index (χ1v) is 5.46. The van der Waals surface area contributed by atoms with Gasteiger partial charge >= 0.3 is 13.0 Å². The molecule has 20 heavy (non-hydrogen) atoms. The molecule has 0 fully saturated rings. The zero-order valence-electron chi connectivity index (χ0n) is 9.92. The standard InChI is InChI=1S/C10H8BF2NO6/c12-7(13)3-18-5-1-2-6-9(8(5)10(15)14-17)20-11(16)4-19-6/h1-2,7,16H,3-4H2. The van der Waals surface area contributed by atoms with Crippen LogP contribution in [0.25, 0.3) is 0 Å². The predicted molar refractivity (Wildman–Crippen MR) is 62.2 cm³/mol. The molecule has 1 N–H and O–H groups in total. The third-order valence-corrected chi connectivity index (χ3v) is 2.38. The monoisotopic (exact) mass is 287 g/mol. The first-order chi connectivity index (χ1) is 9.52. The van der Waals surface area contributed by atoms with E-state index in [4.69, 9.17) is 14.1 Å².